The Morgan fingerprint density at radius 3 is 1.18 bits per heavy atom. The van der Waals surface area contributed by atoms with Crippen molar-refractivity contribution in [2.24, 2.45) is 25.9 Å². The molecule has 4 heterocycles. The fraction of sp³-hybridized carbons (Fsp3) is 0.778. The van der Waals surface area contributed by atoms with Crippen molar-refractivity contribution in [1.29, 1.82) is 0 Å². The van der Waals surface area contributed by atoms with Gasteiger partial charge in [-0.2, -0.15) is 0 Å². The number of likely N-dealkylation sites (tertiary alicyclic amines) is 1. The lowest BCUT2D eigenvalue weighted by Crippen LogP contribution is -2.34. The maximum atomic E-state index is 12.2. The smallest absolute Gasteiger partial charge is 0.270 e. The molecular formula is C45H83N7O4. The van der Waals surface area contributed by atoms with Gasteiger partial charge in [0.15, 0.2) is 0 Å². The second-order valence-corrected chi connectivity index (χ2v) is 17.9. The number of hydrogen-bond acceptors (Lipinski definition) is 4. The highest BCUT2D eigenvalue weighted by Crippen LogP contribution is 2.26. The van der Waals surface area contributed by atoms with E-state index in [1.54, 1.807) is 0 Å². The number of amides is 1. The van der Waals surface area contributed by atoms with Crippen LogP contribution in [-0.2, 0) is 31.9 Å². The Kier molecular flexibility index (Phi) is 19.2. The Morgan fingerprint density at radius 2 is 0.929 bits per heavy atom. The molecule has 3 aromatic heterocycles. The van der Waals surface area contributed by atoms with E-state index in [4.69, 9.17) is 0 Å². The molecule has 1 saturated heterocycles. The first-order valence-corrected chi connectivity index (χ1v) is 21.4. The minimum atomic E-state index is 0.162. The summed E-state index contributed by atoms with van der Waals surface area (Å²) >= 11 is 0. The molecule has 0 radical (unpaired) electrons. The van der Waals surface area contributed by atoms with E-state index in [1.165, 1.54) is 5.69 Å². The predicted molar refractivity (Wildman–Crippen MR) is 236 cm³/mol. The van der Waals surface area contributed by atoms with Gasteiger partial charge in [-0.1, -0.05) is 62.3 Å². The quantitative estimate of drug-likeness (QED) is 0.205. The molecule has 1 fully saturated rings. The molecule has 322 valence electrons. The van der Waals surface area contributed by atoms with Crippen molar-refractivity contribution in [3.05, 3.63) is 64.8 Å². The number of carbonyl (C=O) groups excluding carboxylic acids is 1. The zero-order chi connectivity index (χ0) is 43.8. The number of aromatic nitrogens is 6. The summed E-state index contributed by atoms with van der Waals surface area (Å²) < 4.78 is 11.6. The maximum Gasteiger partial charge on any atom is 0.270 e. The molecule has 1 aliphatic heterocycles. The Labute approximate surface area is 340 Å². The van der Waals surface area contributed by atoms with Crippen LogP contribution in [0.5, 0.6) is 0 Å². The van der Waals surface area contributed by atoms with E-state index in [9.17, 15) is 19.2 Å². The molecule has 1 atom stereocenters. The van der Waals surface area contributed by atoms with Crippen LogP contribution in [0.15, 0.2) is 14.4 Å². The SMILES string of the molecule is CC(C)C1CCN(C(C)C)C1=O.CCc1c(C(C)C)c(=O)n(C(C)C)n1C.CCn1c(C)c(C(C)C)c(=O)n1C(C)C.Cc1c(C(C)C)c(=O)n(C(C)C)n1C. The van der Waals surface area contributed by atoms with Gasteiger partial charge < -0.3 is 4.90 Å². The molecule has 56 heavy (non-hydrogen) atoms. The molecule has 4 rings (SSSR count). The second-order valence-electron chi connectivity index (χ2n) is 17.9. The van der Waals surface area contributed by atoms with E-state index in [-0.39, 0.29) is 40.7 Å². The average Bonchev–Trinajstić information content (AvgIpc) is 3.74. The monoisotopic (exact) mass is 786 g/mol. The number of hydrogen-bond donors (Lipinski definition) is 0. The standard InChI is InChI=1S/2C12H22N2O.C11H20N2O.C10H19NO/c1-7-10-11(8(2)3)12(15)14(9(4)5)13(10)6;1-7-13-10(6)11(8(2)3)12(15)14(13)9(4)5;1-7(2)10-9(5)12(6)13(8(3)4)11(10)14;1-7(2)9-5-6-11(8(3)4)10(9)12/h2*8-9H,7H2,1-6H3;7-8H,1-6H3;7-9H,5-6H2,1-4H3. The fourth-order valence-corrected chi connectivity index (χ4v) is 8.38. The molecule has 1 amide bonds. The third-order valence-corrected chi connectivity index (χ3v) is 11.1. The lowest BCUT2D eigenvalue weighted by molar-refractivity contribution is -0.133. The molecule has 0 aliphatic carbocycles. The van der Waals surface area contributed by atoms with Crippen LogP contribution in [0.1, 0.15) is 201 Å². The number of rotatable bonds is 10. The molecule has 0 N–H and O–H groups in total. The van der Waals surface area contributed by atoms with Gasteiger partial charge in [-0.05, 0) is 113 Å². The predicted octanol–water partition coefficient (Wildman–Crippen LogP) is 9.23. The van der Waals surface area contributed by atoms with Crippen LogP contribution >= 0.6 is 0 Å². The minimum Gasteiger partial charge on any atom is -0.340 e. The largest absolute Gasteiger partial charge is 0.340 e. The summed E-state index contributed by atoms with van der Waals surface area (Å²) in [5.74, 6) is 2.05. The highest BCUT2D eigenvalue weighted by Gasteiger charge is 2.34. The van der Waals surface area contributed by atoms with Gasteiger partial charge in [-0.15, -0.1) is 0 Å². The average molecular weight is 786 g/mol. The molecule has 0 saturated carbocycles. The Bertz CT molecular complexity index is 1750. The van der Waals surface area contributed by atoms with Gasteiger partial charge in [0.05, 0.1) is 0 Å². The van der Waals surface area contributed by atoms with Crippen molar-refractivity contribution >= 4 is 5.91 Å². The Hall–Kier alpha value is -3.50. The highest BCUT2D eigenvalue weighted by molar-refractivity contribution is 5.81. The summed E-state index contributed by atoms with van der Waals surface area (Å²) in [6, 6.07) is 1.05. The fourth-order valence-electron chi connectivity index (χ4n) is 8.38. The summed E-state index contributed by atoms with van der Waals surface area (Å²) in [7, 11) is 3.93. The first kappa shape index (κ1) is 50.5. The van der Waals surface area contributed by atoms with Crippen molar-refractivity contribution < 1.29 is 4.79 Å². The van der Waals surface area contributed by atoms with Crippen molar-refractivity contribution in [1.82, 2.24) is 33.0 Å². The summed E-state index contributed by atoms with van der Waals surface area (Å²) in [6.45, 7) is 43.2. The van der Waals surface area contributed by atoms with E-state index >= 15 is 0 Å². The molecule has 0 bridgehead atoms. The number of nitrogens with zero attached hydrogens (tertiary/aromatic N) is 7. The van der Waals surface area contributed by atoms with Crippen LogP contribution in [0.25, 0.3) is 0 Å². The molecular weight excluding hydrogens is 703 g/mol. The van der Waals surface area contributed by atoms with Gasteiger partial charge in [0.25, 0.3) is 16.7 Å². The minimum absolute atomic E-state index is 0.162. The van der Waals surface area contributed by atoms with Crippen molar-refractivity contribution in [3.8, 4) is 0 Å². The summed E-state index contributed by atoms with van der Waals surface area (Å²) in [6.07, 6.45) is 1.97. The van der Waals surface area contributed by atoms with E-state index in [0.717, 1.165) is 54.0 Å². The lowest BCUT2D eigenvalue weighted by Gasteiger charge is -2.21. The second kappa shape index (κ2) is 21.3. The molecule has 0 aromatic carbocycles. The molecule has 1 unspecified atom stereocenters. The summed E-state index contributed by atoms with van der Waals surface area (Å²) in [5, 5.41) is 0. The first-order valence-electron chi connectivity index (χ1n) is 21.4. The van der Waals surface area contributed by atoms with E-state index < -0.39 is 0 Å². The zero-order valence-electron chi connectivity index (χ0n) is 39.8. The van der Waals surface area contributed by atoms with Gasteiger partial charge in [-0.3, -0.25) is 33.2 Å². The van der Waals surface area contributed by atoms with E-state index in [0.29, 0.717) is 35.6 Å². The zero-order valence-corrected chi connectivity index (χ0v) is 39.8. The van der Waals surface area contributed by atoms with Crippen molar-refractivity contribution in [3.63, 3.8) is 0 Å². The molecule has 0 spiro atoms. The molecule has 1 aliphatic rings. The molecule has 11 nitrogen and oxygen atoms in total. The molecule has 11 heteroatoms. The highest BCUT2D eigenvalue weighted by atomic mass is 16.2. The van der Waals surface area contributed by atoms with E-state index in [2.05, 4.69) is 102 Å². The van der Waals surface area contributed by atoms with Crippen LogP contribution in [0.3, 0.4) is 0 Å². The van der Waals surface area contributed by atoms with Crippen LogP contribution in [-0.4, -0.2) is 51.5 Å². The van der Waals surface area contributed by atoms with Gasteiger partial charge in [0.2, 0.25) is 5.91 Å². The normalized spacial score (nSPS) is 14.5. The Balaban J connectivity index is 0.000000375. The van der Waals surface area contributed by atoms with Crippen LogP contribution in [0.2, 0.25) is 0 Å². The summed E-state index contributed by atoms with van der Waals surface area (Å²) in [5.41, 5.74) is 6.78. The van der Waals surface area contributed by atoms with Gasteiger partial charge in [0, 0.05) is 91.0 Å². The van der Waals surface area contributed by atoms with E-state index in [1.807, 2.05) is 83.9 Å². The van der Waals surface area contributed by atoms with Gasteiger partial charge in [0.1, 0.15) is 0 Å². The number of carbonyl (C=O) groups is 1. The summed E-state index contributed by atoms with van der Waals surface area (Å²) in [4.78, 5) is 50.1. The molecule has 3 aromatic rings. The first-order chi connectivity index (χ1) is 25.7. The Morgan fingerprint density at radius 1 is 0.536 bits per heavy atom. The third-order valence-electron chi connectivity index (χ3n) is 11.1. The van der Waals surface area contributed by atoms with Crippen molar-refractivity contribution in [2.45, 2.75) is 200 Å². The van der Waals surface area contributed by atoms with Crippen molar-refractivity contribution in [2.75, 3.05) is 6.54 Å². The van der Waals surface area contributed by atoms with Gasteiger partial charge in [-0.25, -0.2) is 14.0 Å². The van der Waals surface area contributed by atoms with Crippen LogP contribution in [0, 0.1) is 25.7 Å². The van der Waals surface area contributed by atoms with Crippen LogP contribution < -0.4 is 16.7 Å². The third kappa shape index (κ3) is 11.1. The lowest BCUT2D eigenvalue weighted by atomic mass is 9.95. The topological polar surface area (TPSA) is 101 Å². The van der Waals surface area contributed by atoms with Crippen LogP contribution in [0.4, 0.5) is 0 Å². The maximum absolute atomic E-state index is 12.2. The van der Waals surface area contributed by atoms with Gasteiger partial charge >= 0.3 is 0 Å².